The molecule has 0 unspecified atom stereocenters. The van der Waals surface area contributed by atoms with Crippen molar-refractivity contribution in [2.24, 2.45) is 0 Å². The summed E-state index contributed by atoms with van der Waals surface area (Å²) in [7, 11) is 0. The van der Waals surface area contributed by atoms with Gasteiger partial charge in [0.25, 0.3) is 5.91 Å². The second kappa shape index (κ2) is 6.33. The molecule has 0 saturated heterocycles. The number of alkyl halides is 3. The van der Waals surface area contributed by atoms with Crippen LogP contribution in [-0.2, 0) is 0 Å². The normalized spacial score (nSPS) is 13.2. The second-order valence-corrected chi connectivity index (χ2v) is 4.59. The van der Waals surface area contributed by atoms with Crippen molar-refractivity contribution < 1.29 is 27.5 Å². The highest BCUT2D eigenvalue weighted by Crippen LogP contribution is 2.21. The number of benzene rings is 1. The summed E-state index contributed by atoms with van der Waals surface area (Å²) in [5.41, 5.74) is 0.106. The van der Waals surface area contributed by atoms with Crippen LogP contribution in [0.3, 0.4) is 0 Å². The van der Waals surface area contributed by atoms with Crippen LogP contribution >= 0.6 is 15.9 Å². The summed E-state index contributed by atoms with van der Waals surface area (Å²) in [6.07, 6.45) is -7.82. The molecule has 0 aromatic heterocycles. The smallest absolute Gasteiger partial charge is 0.384 e. The maximum atomic E-state index is 12.9. The number of carbonyl (C=O) groups excluding carboxylic acids is 1. The summed E-state index contributed by atoms with van der Waals surface area (Å²) < 4.78 is 48.9. The van der Waals surface area contributed by atoms with Crippen molar-refractivity contribution >= 4 is 21.8 Å². The number of hydrogen-bond donors (Lipinski definition) is 2. The van der Waals surface area contributed by atoms with Crippen LogP contribution in [0.15, 0.2) is 22.7 Å². The first-order valence-electron chi connectivity index (χ1n) is 5.20. The van der Waals surface area contributed by atoms with Gasteiger partial charge in [-0.1, -0.05) is 0 Å². The van der Waals surface area contributed by atoms with Crippen molar-refractivity contribution in [2.45, 2.75) is 18.7 Å². The van der Waals surface area contributed by atoms with Gasteiger partial charge in [-0.3, -0.25) is 4.79 Å². The summed E-state index contributed by atoms with van der Waals surface area (Å²) in [6, 6.07) is 3.48. The molecular formula is C11H10BrF4NO2. The molecule has 19 heavy (non-hydrogen) atoms. The SMILES string of the molecule is O=C(NCC[C@@H](O)C(F)(F)F)c1ccc(F)c(Br)c1. The zero-order valence-electron chi connectivity index (χ0n) is 9.47. The van der Waals surface area contributed by atoms with E-state index in [1.54, 1.807) is 0 Å². The average Bonchev–Trinajstić information content (AvgIpc) is 2.31. The van der Waals surface area contributed by atoms with Crippen LogP contribution in [0.2, 0.25) is 0 Å². The number of nitrogens with one attached hydrogen (secondary N) is 1. The third-order valence-corrected chi connectivity index (χ3v) is 2.87. The van der Waals surface area contributed by atoms with Crippen molar-refractivity contribution in [3.05, 3.63) is 34.1 Å². The fraction of sp³-hybridized carbons (Fsp3) is 0.364. The first-order valence-corrected chi connectivity index (χ1v) is 5.99. The molecule has 3 nitrogen and oxygen atoms in total. The van der Waals surface area contributed by atoms with Gasteiger partial charge in [0.2, 0.25) is 0 Å². The van der Waals surface area contributed by atoms with Crippen LogP contribution in [0.25, 0.3) is 0 Å². The highest BCUT2D eigenvalue weighted by Gasteiger charge is 2.37. The molecule has 0 heterocycles. The fourth-order valence-electron chi connectivity index (χ4n) is 1.23. The van der Waals surface area contributed by atoms with Crippen LogP contribution in [0.4, 0.5) is 17.6 Å². The predicted octanol–water partition coefficient (Wildman–Crippen LogP) is 2.63. The summed E-state index contributed by atoms with van der Waals surface area (Å²) in [4.78, 5) is 11.5. The van der Waals surface area contributed by atoms with E-state index in [0.717, 1.165) is 6.07 Å². The van der Waals surface area contributed by atoms with E-state index in [4.69, 9.17) is 5.11 Å². The lowest BCUT2D eigenvalue weighted by Crippen LogP contribution is -2.34. The zero-order valence-corrected chi connectivity index (χ0v) is 11.1. The van der Waals surface area contributed by atoms with Gasteiger partial charge >= 0.3 is 6.18 Å². The summed E-state index contributed by atoms with van der Waals surface area (Å²) in [6.45, 7) is -0.339. The Hall–Kier alpha value is -1.15. The van der Waals surface area contributed by atoms with Gasteiger partial charge in [0, 0.05) is 12.1 Å². The van der Waals surface area contributed by atoms with Crippen molar-refractivity contribution in [3.8, 4) is 0 Å². The molecular weight excluding hydrogens is 334 g/mol. The lowest BCUT2D eigenvalue weighted by atomic mass is 10.2. The molecule has 0 aliphatic heterocycles. The quantitative estimate of drug-likeness (QED) is 0.825. The van der Waals surface area contributed by atoms with E-state index in [1.807, 2.05) is 0 Å². The Morgan fingerprint density at radius 3 is 2.58 bits per heavy atom. The Morgan fingerprint density at radius 1 is 1.42 bits per heavy atom. The number of aliphatic hydroxyl groups is 1. The lowest BCUT2D eigenvalue weighted by molar-refractivity contribution is -0.204. The van der Waals surface area contributed by atoms with Crippen molar-refractivity contribution in [1.29, 1.82) is 0 Å². The molecule has 0 spiro atoms. The van der Waals surface area contributed by atoms with Crippen molar-refractivity contribution in [2.75, 3.05) is 6.54 Å². The number of aliphatic hydroxyl groups excluding tert-OH is 1. The molecule has 0 fully saturated rings. The third-order valence-electron chi connectivity index (χ3n) is 2.26. The van der Waals surface area contributed by atoms with Gasteiger partial charge in [0.05, 0.1) is 4.47 Å². The highest BCUT2D eigenvalue weighted by molar-refractivity contribution is 9.10. The molecule has 1 aromatic carbocycles. The molecule has 8 heteroatoms. The maximum absolute atomic E-state index is 12.9. The molecule has 106 valence electrons. The molecule has 0 bridgehead atoms. The number of hydrogen-bond acceptors (Lipinski definition) is 2. The summed E-state index contributed by atoms with van der Waals surface area (Å²) in [5, 5.41) is 10.9. The zero-order chi connectivity index (χ0) is 14.6. The lowest BCUT2D eigenvalue weighted by Gasteiger charge is -2.14. The van der Waals surface area contributed by atoms with Gasteiger partial charge in [0.1, 0.15) is 5.82 Å². The predicted molar refractivity (Wildman–Crippen MR) is 63.1 cm³/mol. The topological polar surface area (TPSA) is 49.3 Å². The monoisotopic (exact) mass is 343 g/mol. The van der Waals surface area contributed by atoms with E-state index in [0.29, 0.717) is 0 Å². The van der Waals surface area contributed by atoms with Gasteiger partial charge < -0.3 is 10.4 Å². The molecule has 1 amide bonds. The van der Waals surface area contributed by atoms with E-state index in [1.165, 1.54) is 12.1 Å². The van der Waals surface area contributed by atoms with Gasteiger partial charge in [0.15, 0.2) is 6.10 Å². The molecule has 0 aliphatic carbocycles. The Morgan fingerprint density at radius 2 is 2.05 bits per heavy atom. The average molecular weight is 344 g/mol. The second-order valence-electron chi connectivity index (χ2n) is 3.73. The van der Waals surface area contributed by atoms with Gasteiger partial charge in [-0.15, -0.1) is 0 Å². The summed E-state index contributed by atoms with van der Waals surface area (Å²) in [5.74, 6) is -1.20. The number of carbonyl (C=O) groups is 1. The standard InChI is InChI=1S/C11H10BrF4NO2/c12-7-5-6(1-2-8(7)13)10(19)17-4-3-9(18)11(14,15)16/h1-2,5,9,18H,3-4H2,(H,17,19)/t9-/m1/s1. The minimum atomic E-state index is -4.70. The first-order chi connectivity index (χ1) is 8.71. The molecule has 1 rings (SSSR count). The Balaban J connectivity index is 2.50. The number of halogens is 5. The summed E-state index contributed by atoms with van der Waals surface area (Å²) >= 11 is 2.89. The van der Waals surface area contributed by atoms with Crippen LogP contribution in [0.5, 0.6) is 0 Å². The molecule has 2 N–H and O–H groups in total. The fourth-order valence-corrected chi connectivity index (χ4v) is 1.60. The van der Waals surface area contributed by atoms with Gasteiger partial charge in [-0.2, -0.15) is 13.2 Å². The molecule has 0 saturated carbocycles. The Labute approximate surface area is 114 Å². The molecule has 1 atom stereocenters. The first kappa shape index (κ1) is 15.9. The van der Waals surface area contributed by atoms with Crippen LogP contribution in [0.1, 0.15) is 16.8 Å². The van der Waals surface area contributed by atoms with E-state index < -0.39 is 30.4 Å². The van der Waals surface area contributed by atoms with Crippen LogP contribution < -0.4 is 5.32 Å². The van der Waals surface area contributed by atoms with Gasteiger partial charge in [-0.05, 0) is 40.5 Å². The van der Waals surface area contributed by atoms with Gasteiger partial charge in [-0.25, -0.2) is 4.39 Å². The minimum absolute atomic E-state index is 0.0791. The molecule has 0 aliphatic rings. The molecule has 1 aromatic rings. The number of rotatable bonds is 4. The highest BCUT2D eigenvalue weighted by atomic mass is 79.9. The third kappa shape index (κ3) is 4.79. The van der Waals surface area contributed by atoms with Crippen molar-refractivity contribution in [3.63, 3.8) is 0 Å². The Kier molecular flexibility index (Phi) is 5.30. The van der Waals surface area contributed by atoms with Crippen LogP contribution in [-0.4, -0.2) is 29.8 Å². The van der Waals surface area contributed by atoms with E-state index in [9.17, 15) is 22.4 Å². The van der Waals surface area contributed by atoms with E-state index in [-0.39, 0.29) is 16.6 Å². The maximum Gasteiger partial charge on any atom is 0.414 e. The minimum Gasteiger partial charge on any atom is -0.384 e. The number of amides is 1. The van der Waals surface area contributed by atoms with Crippen molar-refractivity contribution in [1.82, 2.24) is 5.32 Å². The van der Waals surface area contributed by atoms with Crippen LogP contribution in [0, 0.1) is 5.82 Å². The molecule has 0 radical (unpaired) electrons. The van der Waals surface area contributed by atoms with E-state index >= 15 is 0 Å². The Bertz CT molecular complexity index is 464. The largest absolute Gasteiger partial charge is 0.414 e. The van der Waals surface area contributed by atoms with E-state index in [2.05, 4.69) is 21.2 Å².